The van der Waals surface area contributed by atoms with Gasteiger partial charge in [0.1, 0.15) is 0 Å². The number of rotatable bonds is 8. The molecule has 2 aromatic carbocycles. The summed E-state index contributed by atoms with van der Waals surface area (Å²) in [7, 11) is 1.00. The summed E-state index contributed by atoms with van der Waals surface area (Å²) < 4.78 is 0. The van der Waals surface area contributed by atoms with Gasteiger partial charge in [0, 0.05) is 21.4 Å². The lowest BCUT2D eigenvalue weighted by atomic mass is 9.95. The van der Waals surface area contributed by atoms with E-state index in [-0.39, 0.29) is 0 Å². The molecule has 0 bridgehead atoms. The number of hydrogen-bond acceptors (Lipinski definition) is 0. The Morgan fingerprint density at radius 1 is 0.677 bits per heavy atom. The summed E-state index contributed by atoms with van der Waals surface area (Å²) in [6, 6.07) is 17.1. The summed E-state index contributed by atoms with van der Waals surface area (Å²) in [5.74, 6) is 2.68. The lowest BCUT2D eigenvalue weighted by molar-refractivity contribution is 0.647. The zero-order chi connectivity index (χ0) is 22.1. The monoisotopic (exact) mass is 426 g/mol. The van der Waals surface area contributed by atoms with Crippen LogP contribution in [0.1, 0.15) is 86.8 Å². The summed E-state index contributed by atoms with van der Waals surface area (Å²) in [4.78, 5) is 0. The minimum atomic E-state index is 0.625. The maximum absolute atomic E-state index is 2.45. The van der Waals surface area contributed by atoms with Gasteiger partial charge in [-0.2, -0.15) is 0 Å². The van der Waals surface area contributed by atoms with E-state index >= 15 is 0 Å². The van der Waals surface area contributed by atoms with Crippen molar-refractivity contribution in [1.82, 2.24) is 0 Å². The molecule has 0 spiro atoms. The smallest absolute Gasteiger partial charge is 0.0397 e. The van der Waals surface area contributed by atoms with Crippen molar-refractivity contribution in [3.8, 4) is 0 Å². The van der Waals surface area contributed by atoms with Gasteiger partial charge in [-0.25, -0.2) is 0 Å². The minimum absolute atomic E-state index is 0.625. The number of benzene rings is 2. The average molecular weight is 427 g/mol. The van der Waals surface area contributed by atoms with E-state index in [2.05, 4.69) is 90.1 Å². The van der Waals surface area contributed by atoms with E-state index in [4.69, 9.17) is 0 Å². The maximum atomic E-state index is 2.45. The van der Waals surface area contributed by atoms with E-state index in [1.165, 1.54) is 47.2 Å². The van der Waals surface area contributed by atoms with Gasteiger partial charge in [-0.1, -0.05) is 99.5 Å². The van der Waals surface area contributed by atoms with Crippen LogP contribution in [0.2, 0.25) is 12.1 Å². The molecule has 4 rings (SSSR count). The van der Waals surface area contributed by atoms with Crippen LogP contribution < -0.4 is 0 Å². The first kappa shape index (κ1) is 22.3. The van der Waals surface area contributed by atoms with Crippen LogP contribution in [0.5, 0.6) is 0 Å². The molecule has 2 aliphatic carbocycles. The third-order valence-electron chi connectivity index (χ3n) is 6.90. The summed E-state index contributed by atoms with van der Waals surface area (Å²) in [6.07, 6.45) is 7.25. The van der Waals surface area contributed by atoms with Gasteiger partial charge in [-0.05, 0) is 71.9 Å². The second-order valence-corrected chi connectivity index (χ2v) is 12.0. The van der Waals surface area contributed by atoms with E-state index in [9.17, 15) is 0 Å². The third-order valence-corrected chi connectivity index (χ3v) is 8.30. The predicted octanol–water partition coefficient (Wildman–Crippen LogP) is 8.33. The minimum Gasteiger partial charge on any atom is -0.0655 e. The molecular formula is C30H38Si. The number of fused-ring (bicyclic) bond motifs is 2. The van der Waals surface area contributed by atoms with Crippen LogP contribution in [0.3, 0.4) is 0 Å². The lowest BCUT2D eigenvalue weighted by Crippen LogP contribution is -2.07. The quantitative estimate of drug-likeness (QED) is 0.372. The zero-order valence-corrected chi connectivity index (χ0v) is 21.3. The molecule has 2 aliphatic rings. The first-order valence-electron chi connectivity index (χ1n) is 12.1. The van der Waals surface area contributed by atoms with E-state index in [1.54, 1.807) is 22.3 Å². The van der Waals surface area contributed by atoms with Gasteiger partial charge in [0.05, 0.1) is 0 Å². The molecule has 0 amide bonds. The molecule has 2 unspecified atom stereocenters. The fourth-order valence-corrected chi connectivity index (χ4v) is 7.25. The Kier molecular flexibility index (Phi) is 6.72. The molecule has 0 nitrogen and oxygen atoms in total. The molecule has 0 aromatic heterocycles. The van der Waals surface area contributed by atoms with Crippen molar-refractivity contribution in [2.75, 3.05) is 0 Å². The summed E-state index contributed by atoms with van der Waals surface area (Å²) in [6.45, 7) is 13.9. The van der Waals surface area contributed by atoms with E-state index in [0.717, 1.165) is 9.52 Å². The molecule has 0 aliphatic heterocycles. The third kappa shape index (κ3) is 4.98. The number of hydrogen-bond donors (Lipinski definition) is 0. The zero-order valence-electron chi connectivity index (χ0n) is 20.3. The topological polar surface area (TPSA) is 0 Å². The van der Waals surface area contributed by atoms with E-state index in [0.29, 0.717) is 23.7 Å². The van der Waals surface area contributed by atoms with Crippen molar-refractivity contribution in [3.63, 3.8) is 0 Å². The highest BCUT2D eigenvalue weighted by atomic mass is 28.2. The van der Waals surface area contributed by atoms with Gasteiger partial charge in [-0.15, -0.1) is 0 Å². The molecule has 1 heteroatoms. The Morgan fingerprint density at radius 2 is 1.10 bits per heavy atom. The Morgan fingerprint density at radius 3 is 1.48 bits per heavy atom. The molecule has 2 atom stereocenters. The Balaban J connectivity index is 1.40. The summed E-state index contributed by atoms with van der Waals surface area (Å²) in [5.41, 5.74) is 12.2. The maximum Gasteiger partial charge on any atom is 0.0397 e. The van der Waals surface area contributed by atoms with Crippen molar-refractivity contribution in [2.24, 2.45) is 11.8 Å². The molecular weight excluding hydrogens is 388 g/mol. The van der Waals surface area contributed by atoms with Crippen LogP contribution in [0.15, 0.2) is 47.5 Å². The lowest BCUT2D eigenvalue weighted by Gasteiger charge is -2.18. The fraction of sp³-hybridized carbons (Fsp3) is 0.467. The first-order valence-corrected chi connectivity index (χ1v) is 13.6. The van der Waals surface area contributed by atoms with Crippen LogP contribution in [0, 0.1) is 11.8 Å². The Bertz CT molecular complexity index is 924. The standard InChI is InChI=1S/C30H38Si/c1-19(2)11-23-7-9-27-25(15-23)13-21(5)29(27)17-31-18-30-22(6)14-26-16-24(12-20(3)4)8-10-28(26)30/h7-10,13-16,19-20,29-30H,11-12,17-18H2,1-6H3. The molecule has 0 N–H and O–H groups in total. The summed E-state index contributed by atoms with van der Waals surface area (Å²) >= 11 is 0. The van der Waals surface area contributed by atoms with Crippen LogP contribution in [-0.2, 0) is 12.8 Å². The molecule has 0 saturated carbocycles. The van der Waals surface area contributed by atoms with E-state index in [1.807, 2.05) is 0 Å². The van der Waals surface area contributed by atoms with Gasteiger partial charge in [-0.3, -0.25) is 0 Å². The van der Waals surface area contributed by atoms with Crippen LogP contribution in [-0.4, -0.2) is 9.52 Å². The van der Waals surface area contributed by atoms with Gasteiger partial charge >= 0.3 is 0 Å². The largest absolute Gasteiger partial charge is 0.0655 e. The van der Waals surface area contributed by atoms with E-state index < -0.39 is 0 Å². The van der Waals surface area contributed by atoms with Gasteiger partial charge in [0.25, 0.3) is 0 Å². The molecule has 2 radical (unpaired) electrons. The predicted molar refractivity (Wildman–Crippen MR) is 138 cm³/mol. The molecule has 2 aromatic rings. The molecule has 0 heterocycles. The highest BCUT2D eigenvalue weighted by Gasteiger charge is 2.26. The van der Waals surface area contributed by atoms with Crippen molar-refractivity contribution in [2.45, 2.75) is 78.3 Å². The average Bonchev–Trinajstić information content (AvgIpc) is 3.16. The highest BCUT2D eigenvalue weighted by molar-refractivity contribution is 6.36. The molecule has 31 heavy (non-hydrogen) atoms. The first-order chi connectivity index (χ1) is 14.8. The van der Waals surface area contributed by atoms with Gasteiger partial charge < -0.3 is 0 Å². The molecule has 162 valence electrons. The fourth-order valence-electron chi connectivity index (χ4n) is 5.43. The van der Waals surface area contributed by atoms with Crippen molar-refractivity contribution < 1.29 is 0 Å². The van der Waals surface area contributed by atoms with Crippen LogP contribution in [0.25, 0.3) is 12.2 Å². The van der Waals surface area contributed by atoms with Gasteiger partial charge in [0.2, 0.25) is 0 Å². The van der Waals surface area contributed by atoms with Gasteiger partial charge in [0.15, 0.2) is 0 Å². The normalized spacial score (nSPS) is 19.6. The molecule has 0 saturated heterocycles. The molecule has 0 fully saturated rings. The SMILES string of the molecule is CC1=Cc2cc(CC(C)C)ccc2C1C[Si]CC1C(C)=Cc2cc(CC(C)C)ccc21. The van der Waals surface area contributed by atoms with Crippen LogP contribution in [0.4, 0.5) is 0 Å². The Hall–Kier alpha value is -1.86. The van der Waals surface area contributed by atoms with Crippen molar-refractivity contribution >= 4 is 21.7 Å². The van der Waals surface area contributed by atoms with Crippen molar-refractivity contribution in [1.29, 1.82) is 0 Å². The Labute approximate surface area is 192 Å². The van der Waals surface area contributed by atoms with Crippen molar-refractivity contribution in [3.05, 3.63) is 80.9 Å². The summed E-state index contributed by atoms with van der Waals surface area (Å²) in [5, 5.41) is 0. The second kappa shape index (κ2) is 9.33. The highest BCUT2D eigenvalue weighted by Crippen LogP contribution is 2.42. The second-order valence-electron chi connectivity index (χ2n) is 10.7. The number of allylic oxidation sites excluding steroid dienone is 2. The van der Waals surface area contributed by atoms with Crippen LogP contribution >= 0.6 is 0 Å².